The number of nitrogens with one attached hydrogen (secondary N) is 1. The molecule has 3 heterocycles. The second-order valence-electron chi connectivity index (χ2n) is 15.3. The van der Waals surface area contributed by atoms with E-state index in [9.17, 15) is 9.59 Å². The van der Waals surface area contributed by atoms with E-state index < -0.39 is 5.41 Å². The summed E-state index contributed by atoms with van der Waals surface area (Å²) < 4.78 is 6.38. The smallest absolute Gasteiger partial charge is 0.201 e. The van der Waals surface area contributed by atoms with Crippen molar-refractivity contribution in [2.24, 2.45) is 16.7 Å². The van der Waals surface area contributed by atoms with Crippen LogP contribution >= 0.6 is 0 Å². The molecule has 0 saturated heterocycles. The molecule has 0 bridgehead atoms. The quantitative estimate of drug-likeness (QED) is 0.380. The van der Waals surface area contributed by atoms with E-state index in [1.807, 2.05) is 38.4 Å². The fourth-order valence-electron chi connectivity index (χ4n) is 6.88. The van der Waals surface area contributed by atoms with E-state index >= 15 is 0 Å². The summed E-state index contributed by atoms with van der Waals surface area (Å²) in [6.45, 7) is 17.3. The molecule has 5 heteroatoms. The monoisotopic (exact) mass is 556 g/mol. The molecule has 1 N–H and O–H groups in total. The Morgan fingerprint density at radius 1 is 1.05 bits per heavy atom. The van der Waals surface area contributed by atoms with Crippen molar-refractivity contribution in [2.45, 2.75) is 118 Å². The highest BCUT2D eigenvalue weighted by atomic mass is 16.3. The van der Waals surface area contributed by atoms with Crippen molar-refractivity contribution in [1.82, 2.24) is 10.3 Å². The van der Waals surface area contributed by atoms with Crippen LogP contribution in [0.5, 0.6) is 0 Å². The molecule has 5 nitrogen and oxygen atoms in total. The lowest BCUT2D eigenvalue weighted by molar-refractivity contribution is -0.123. The van der Waals surface area contributed by atoms with Crippen molar-refractivity contribution in [3.63, 3.8) is 0 Å². The number of fused-ring (bicyclic) bond motifs is 1. The Morgan fingerprint density at radius 2 is 1.76 bits per heavy atom. The van der Waals surface area contributed by atoms with Crippen LogP contribution in [0.15, 0.2) is 51.7 Å². The Hall–Kier alpha value is -2.95. The average molecular weight is 557 g/mol. The molecule has 220 valence electrons. The highest BCUT2D eigenvalue weighted by Crippen LogP contribution is 2.44. The Morgan fingerprint density at radius 3 is 2.41 bits per heavy atom. The molecule has 1 saturated carbocycles. The minimum Gasteiger partial charge on any atom is -0.451 e. The summed E-state index contributed by atoms with van der Waals surface area (Å²) in [5, 5.41) is 3.18. The van der Waals surface area contributed by atoms with E-state index in [-0.39, 0.29) is 22.9 Å². The van der Waals surface area contributed by atoms with Crippen LogP contribution in [0.25, 0.3) is 11.1 Å². The number of hydrogen-bond donors (Lipinski definition) is 1. The van der Waals surface area contributed by atoms with Gasteiger partial charge in [-0.2, -0.15) is 0 Å². The van der Waals surface area contributed by atoms with Gasteiger partial charge in [0.2, 0.25) is 5.78 Å². The van der Waals surface area contributed by atoms with Crippen LogP contribution in [0, 0.1) is 16.7 Å². The Bertz CT molecular complexity index is 1450. The number of carbonyl (C=O) groups excluding carboxylic acids is 2. The largest absolute Gasteiger partial charge is 0.451 e. The third-order valence-electron chi connectivity index (χ3n) is 9.56. The van der Waals surface area contributed by atoms with Gasteiger partial charge >= 0.3 is 0 Å². The molecule has 0 radical (unpaired) electrons. The first kappa shape index (κ1) is 29.5. The van der Waals surface area contributed by atoms with E-state index in [1.54, 1.807) is 0 Å². The molecule has 41 heavy (non-hydrogen) atoms. The molecule has 1 fully saturated rings. The van der Waals surface area contributed by atoms with Gasteiger partial charge in [-0.3, -0.25) is 9.59 Å². The maximum Gasteiger partial charge on any atom is 0.201 e. The standard InChI is InChI=1S/C36H48N2O3/c1-22-16-25(21-37-20-22)26-11-9-10-24(19-36(7,8)33(26)40)31(39)30-18-29-32(41-30)27(34(2,3)4)17-28(38-29)23-12-14-35(5,6)15-13-23/h11,17-18,20-21,23-24,37H,9-10,12-16,19H2,1-8H3/b26-11-. The number of aromatic nitrogens is 1. The summed E-state index contributed by atoms with van der Waals surface area (Å²) in [4.78, 5) is 32.8. The average Bonchev–Trinajstić information content (AvgIpc) is 3.32. The van der Waals surface area contributed by atoms with E-state index in [4.69, 9.17) is 9.40 Å². The van der Waals surface area contributed by atoms with E-state index in [0.717, 1.165) is 52.8 Å². The van der Waals surface area contributed by atoms with Crippen molar-refractivity contribution in [2.75, 3.05) is 0 Å². The summed E-state index contributed by atoms with van der Waals surface area (Å²) in [6.07, 6.45) is 13.3. The molecule has 1 unspecified atom stereocenters. The summed E-state index contributed by atoms with van der Waals surface area (Å²) in [7, 11) is 0. The number of hydrogen-bond acceptors (Lipinski definition) is 5. The van der Waals surface area contributed by atoms with Crippen LogP contribution in [0.2, 0.25) is 0 Å². The van der Waals surface area contributed by atoms with Crippen molar-refractivity contribution in [3.05, 3.63) is 64.3 Å². The number of nitrogens with zero attached hydrogens (tertiary/aromatic N) is 1. The second-order valence-corrected chi connectivity index (χ2v) is 15.3. The summed E-state index contributed by atoms with van der Waals surface area (Å²) in [5.74, 6) is 0.622. The molecule has 1 aliphatic heterocycles. The van der Waals surface area contributed by atoms with Crippen molar-refractivity contribution < 1.29 is 14.0 Å². The lowest BCUT2D eigenvalue weighted by Crippen LogP contribution is -2.33. The minimum absolute atomic E-state index is 0.0149. The van der Waals surface area contributed by atoms with Gasteiger partial charge in [0.25, 0.3) is 0 Å². The molecular weight excluding hydrogens is 508 g/mol. The number of rotatable bonds is 4. The van der Waals surface area contributed by atoms with Gasteiger partial charge in [0.1, 0.15) is 5.52 Å². The zero-order valence-electron chi connectivity index (χ0n) is 26.4. The summed E-state index contributed by atoms with van der Waals surface area (Å²) >= 11 is 0. The maximum absolute atomic E-state index is 14.0. The van der Waals surface area contributed by atoms with Crippen LogP contribution in [-0.4, -0.2) is 16.6 Å². The third kappa shape index (κ3) is 6.15. The minimum atomic E-state index is -0.661. The SMILES string of the molecule is CC1=CNC=C(/C2=C/CCC(C(=O)c3cc4nc(C5CCC(C)(C)CC5)cc(C(C)(C)C)c4o3)CC(C)(C)C2=O)C1. The topological polar surface area (TPSA) is 72.2 Å². The molecule has 0 spiro atoms. The van der Waals surface area contributed by atoms with Gasteiger partial charge in [0.05, 0.1) is 0 Å². The zero-order valence-corrected chi connectivity index (χ0v) is 26.4. The lowest BCUT2D eigenvalue weighted by atomic mass is 9.71. The number of furan rings is 1. The molecule has 2 aromatic rings. The van der Waals surface area contributed by atoms with Gasteiger partial charge in [-0.1, -0.05) is 60.1 Å². The summed E-state index contributed by atoms with van der Waals surface area (Å²) in [6, 6.07) is 4.10. The van der Waals surface area contributed by atoms with Crippen LogP contribution in [0.3, 0.4) is 0 Å². The van der Waals surface area contributed by atoms with Gasteiger partial charge in [-0.05, 0) is 87.0 Å². The number of allylic oxidation sites excluding steroid dienone is 4. The number of Topliss-reactive ketones (excluding diaryl/α,β-unsaturated/α-hetero) is 2. The Labute approximate surface area is 245 Å². The fraction of sp³-hybridized carbons (Fsp3) is 0.583. The predicted octanol–water partition coefficient (Wildman–Crippen LogP) is 9.09. The molecule has 0 aromatic carbocycles. The number of pyridine rings is 1. The molecule has 5 rings (SSSR count). The van der Waals surface area contributed by atoms with E-state index in [0.29, 0.717) is 36.4 Å². The van der Waals surface area contributed by atoms with E-state index in [1.165, 1.54) is 18.4 Å². The van der Waals surface area contributed by atoms with Gasteiger partial charge < -0.3 is 9.73 Å². The highest BCUT2D eigenvalue weighted by Gasteiger charge is 2.39. The van der Waals surface area contributed by atoms with Gasteiger partial charge in [0.15, 0.2) is 17.1 Å². The normalized spacial score (nSPS) is 24.9. The van der Waals surface area contributed by atoms with Gasteiger partial charge in [0, 0.05) is 46.3 Å². The molecule has 3 aliphatic rings. The van der Waals surface area contributed by atoms with E-state index in [2.05, 4.69) is 52.9 Å². The highest BCUT2D eigenvalue weighted by molar-refractivity contribution is 6.04. The second kappa shape index (κ2) is 10.7. The lowest BCUT2D eigenvalue weighted by Gasteiger charge is -2.34. The molecular formula is C36H48N2O3. The molecule has 2 aliphatic carbocycles. The molecule has 0 amide bonds. The van der Waals surface area contributed by atoms with Gasteiger partial charge in [-0.25, -0.2) is 4.98 Å². The fourth-order valence-corrected chi connectivity index (χ4v) is 6.88. The summed E-state index contributed by atoms with van der Waals surface area (Å²) in [5.41, 5.74) is 6.36. The number of dihydropyridines is 1. The Kier molecular flexibility index (Phi) is 7.72. The van der Waals surface area contributed by atoms with Crippen LogP contribution in [0.1, 0.15) is 134 Å². The van der Waals surface area contributed by atoms with Crippen LogP contribution < -0.4 is 5.32 Å². The van der Waals surface area contributed by atoms with Crippen molar-refractivity contribution in [1.29, 1.82) is 0 Å². The zero-order chi connectivity index (χ0) is 29.7. The van der Waals surface area contributed by atoms with Gasteiger partial charge in [-0.15, -0.1) is 0 Å². The first-order valence-electron chi connectivity index (χ1n) is 15.5. The maximum atomic E-state index is 14.0. The Balaban J connectivity index is 1.44. The first-order valence-corrected chi connectivity index (χ1v) is 15.5. The van der Waals surface area contributed by atoms with Crippen molar-refractivity contribution in [3.8, 4) is 0 Å². The first-order chi connectivity index (χ1) is 19.1. The van der Waals surface area contributed by atoms with Crippen LogP contribution in [-0.2, 0) is 10.2 Å². The molecule has 2 aromatic heterocycles. The van der Waals surface area contributed by atoms with Crippen LogP contribution in [0.4, 0.5) is 0 Å². The van der Waals surface area contributed by atoms with Crippen molar-refractivity contribution >= 4 is 22.7 Å². The number of carbonyl (C=O) groups is 2. The predicted molar refractivity (Wildman–Crippen MR) is 166 cm³/mol. The molecule has 1 atom stereocenters. The number of ketones is 2. The third-order valence-corrected chi connectivity index (χ3v) is 9.56.